The van der Waals surface area contributed by atoms with Crippen LogP contribution < -0.4 is 11.5 Å². The zero-order chi connectivity index (χ0) is 18.6. The van der Waals surface area contributed by atoms with Gasteiger partial charge in [0, 0.05) is 23.1 Å². The maximum atomic E-state index is 12.1. The minimum Gasteiger partial charge on any atom is -0.508 e. The SMILES string of the molecule is CC1=C(n2c(N)c(C(N)=O)c3nc(C4CCC4)cnc32)[C@H](C)CC=C1O. The van der Waals surface area contributed by atoms with Gasteiger partial charge in [0.25, 0.3) is 5.91 Å². The van der Waals surface area contributed by atoms with E-state index in [1.165, 1.54) is 6.42 Å². The second-order valence-corrected chi connectivity index (χ2v) is 7.29. The summed E-state index contributed by atoms with van der Waals surface area (Å²) in [7, 11) is 0. The number of nitrogens with two attached hydrogens (primary N) is 2. The van der Waals surface area contributed by atoms with Gasteiger partial charge in [0.05, 0.1) is 11.9 Å². The van der Waals surface area contributed by atoms with Crippen LogP contribution >= 0.6 is 0 Å². The van der Waals surface area contributed by atoms with Crippen LogP contribution in [0.25, 0.3) is 16.9 Å². The third kappa shape index (κ3) is 2.30. The molecule has 2 aromatic heterocycles. The number of allylic oxidation sites excluding steroid dienone is 3. The molecule has 4 rings (SSSR count). The molecule has 1 fully saturated rings. The average molecular weight is 353 g/mol. The van der Waals surface area contributed by atoms with Crippen molar-refractivity contribution in [2.24, 2.45) is 11.7 Å². The summed E-state index contributed by atoms with van der Waals surface area (Å²) >= 11 is 0. The van der Waals surface area contributed by atoms with Gasteiger partial charge in [-0.3, -0.25) is 9.36 Å². The molecule has 0 bridgehead atoms. The van der Waals surface area contributed by atoms with Gasteiger partial charge in [-0.15, -0.1) is 0 Å². The largest absolute Gasteiger partial charge is 0.508 e. The van der Waals surface area contributed by atoms with Gasteiger partial charge in [-0.1, -0.05) is 13.3 Å². The highest BCUT2D eigenvalue weighted by molar-refractivity contribution is 6.10. The number of aliphatic hydroxyl groups excluding tert-OH is 1. The molecule has 2 heterocycles. The number of aliphatic hydroxyl groups is 1. The highest BCUT2D eigenvalue weighted by Crippen LogP contribution is 2.40. The van der Waals surface area contributed by atoms with Gasteiger partial charge in [0.15, 0.2) is 5.65 Å². The van der Waals surface area contributed by atoms with E-state index in [0.717, 1.165) is 24.2 Å². The van der Waals surface area contributed by atoms with Gasteiger partial charge in [-0.05, 0) is 32.3 Å². The lowest BCUT2D eigenvalue weighted by molar-refractivity contribution is 0.100. The lowest BCUT2D eigenvalue weighted by atomic mass is 9.83. The van der Waals surface area contributed by atoms with Crippen LogP contribution in [0.4, 0.5) is 5.82 Å². The summed E-state index contributed by atoms with van der Waals surface area (Å²) < 4.78 is 1.73. The van der Waals surface area contributed by atoms with Gasteiger partial charge in [-0.25, -0.2) is 9.97 Å². The normalized spacial score (nSPS) is 21.0. The van der Waals surface area contributed by atoms with Crippen LogP contribution in [0.1, 0.15) is 61.5 Å². The summed E-state index contributed by atoms with van der Waals surface area (Å²) in [4.78, 5) is 21.4. The predicted octanol–water partition coefficient (Wildman–Crippen LogP) is 3.09. The van der Waals surface area contributed by atoms with E-state index in [-0.39, 0.29) is 23.1 Å². The van der Waals surface area contributed by atoms with Crippen molar-refractivity contribution >= 4 is 28.6 Å². The van der Waals surface area contributed by atoms with E-state index in [1.807, 2.05) is 13.8 Å². The summed E-state index contributed by atoms with van der Waals surface area (Å²) in [6.45, 7) is 3.88. The van der Waals surface area contributed by atoms with E-state index < -0.39 is 5.91 Å². The zero-order valence-corrected chi connectivity index (χ0v) is 15.0. The molecule has 0 saturated heterocycles. The van der Waals surface area contributed by atoms with Crippen LogP contribution in [0.2, 0.25) is 0 Å². The molecule has 2 aliphatic carbocycles. The highest BCUT2D eigenvalue weighted by atomic mass is 16.3. The fourth-order valence-corrected chi connectivity index (χ4v) is 3.90. The average Bonchev–Trinajstić information content (AvgIpc) is 2.82. The van der Waals surface area contributed by atoms with Crippen molar-refractivity contribution in [2.45, 2.75) is 45.4 Å². The molecule has 2 aliphatic rings. The summed E-state index contributed by atoms with van der Waals surface area (Å²) in [5.41, 5.74) is 15.5. The highest BCUT2D eigenvalue weighted by Gasteiger charge is 2.30. The molecule has 2 aromatic rings. The van der Waals surface area contributed by atoms with E-state index in [2.05, 4.69) is 4.98 Å². The fraction of sp³-hybridized carbons (Fsp3) is 0.421. The summed E-state index contributed by atoms with van der Waals surface area (Å²) in [6, 6.07) is 0. The molecule has 26 heavy (non-hydrogen) atoms. The number of amides is 1. The summed E-state index contributed by atoms with van der Waals surface area (Å²) in [5.74, 6) is 0.331. The van der Waals surface area contributed by atoms with Gasteiger partial charge < -0.3 is 16.6 Å². The number of nitrogen functional groups attached to an aromatic ring is 1. The van der Waals surface area contributed by atoms with Crippen LogP contribution in [0.15, 0.2) is 23.6 Å². The van der Waals surface area contributed by atoms with Gasteiger partial charge in [-0.2, -0.15) is 0 Å². The minimum absolute atomic E-state index is 0.109. The second kappa shape index (κ2) is 5.86. The number of carbonyl (C=O) groups excluding carboxylic acids is 1. The van der Waals surface area contributed by atoms with Crippen LogP contribution in [0.3, 0.4) is 0 Å². The third-order valence-electron chi connectivity index (χ3n) is 5.63. The van der Waals surface area contributed by atoms with Gasteiger partial charge in [0.1, 0.15) is 22.7 Å². The standard InChI is InChI=1S/C19H23N5O2/c1-9-6-7-13(25)10(2)16(9)24-17(20)14(18(21)26)15-19(24)22-8-12(23-15)11-4-3-5-11/h7-9,11,25H,3-6,20H2,1-2H3,(H2,21,26)/t9-/m1/s1. The van der Waals surface area contributed by atoms with E-state index in [0.29, 0.717) is 29.1 Å². The number of fused-ring (bicyclic) bond motifs is 1. The van der Waals surface area contributed by atoms with Crippen molar-refractivity contribution in [1.29, 1.82) is 0 Å². The topological polar surface area (TPSA) is 120 Å². The predicted molar refractivity (Wildman–Crippen MR) is 100 cm³/mol. The van der Waals surface area contributed by atoms with Crippen LogP contribution in [-0.2, 0) is 0 Å². The molecule has 0 aliphatic heterocycles. The van der Waals surface area contributed by atoms with E-state index in [4.69, 9.17) is 16.5 Å². The first-order valence-corrected chi connectivity index (χ1v) is 8.97. The maximum absolute atomic E-state index is 12.1. The second-order valence-electron chi connectivity index (χ2n) is 7.29. The first kappa shape index (κ1) is 16.6. The first-order chi connectivity index (χ1) is 12.4. The molecular formula is C19H23N5O2. The molecule has 7 nitrogen and oxygen atoms in total. The fourth-order valence-electron chi connectivity index (χ4n) is 3.90. The smallest absolute Gasteiger partial charge is 0.254 e. The number of carbonyl (C=O) groups is 1. The van der Waals surface area contributed by atoms with Gasteiger partial charge >= 0.3 is 0 Å². The zero-order valence-electron chi connectivity index (χ0n) is 15.0. The number of hydrogen-bond acceptors (Lipinski definition) is 5. The minimum atomic E-state index is -0.618. The van der Waals surface area contributed by atoms with Gasteiger partial charge in [0.2, 0.25) is 0 Å². The van der Waals surface area contributed by atoms with E-state index >= 15 is 0 Å². The van der Waals surface area contributed by atoms with Crippen molar-refractivity contribution in [2.75, 3.05) is 5.73 Å². The molecule has 0 spiro atoms. The number of rotatable bonds is 3. The Labute approximate surface area is 151 Å². The Morgan fingerprint density at radius 3 is 2.73 bits per heavy atom. The number of hydrogen-bond donors (Lipinski definition) is 3. The summed E-state index contributed by atoms with van der Waals surface area (Å²) in [6.07, 6.45) is 7.60. The lowest BCUT2D eigenvalue weighted by Gasteiger charge is -2.25. The summed E-state index contributed by atoms with van der Waals surface area (Å²) in [5, 5.41) is 10.2. The Morgan fingerprint density at radius 2 is 2.12 bits per heavy atom. The van der Waals surface area contributed by atoms with Crippen molar-refractivity contribution < 1.29 is 9.90 Å². The quantitative estimate of drug-likeness (QED) is 0.783. The van der Waals surface area contributed by atoms with Crippen LogP contribution in [0, 0.1) is 5.92 Å². The molecule has 0 aromatic carbocycles. The van der Waals surface area contributed by atoms with Crippen molar-refractivity contribution in [3.05, 3.63) is 34.9 Å². The molecule has 1 atom stereocenters. The van der Waals surface area contributed by atoms with Crippen LogP contribution in [0.5, 0.6) is 0 Å². The Morgan fingerprint density at radius 1 is 1.38 bits per heavy atom. The van der Waals surface area contributed by atoms with Crippen molar-refractivity contribution in [3.8, 4) is 0 Å². The number of nitrogens with zero attached hydrogens (tertiary/aromatic N) is 3. The molecule has 1 saturated carbocycles. The van der Waals surface area contributed by atoms with Crippen LogP contribution in [-0.4, -0.2) is 25.5 Å². The van der Waals surface area contributed by atoms with Crippen molar-refractivity contribution in [3.63, 3.8) is 0 Å². The maximum Gasteiger partial charge on any atom is 0.254 e. The Kier molecular flexibility index (Phi) is 3.75. The third-order valence-corrected chi connectivity index (χ3v) is 5.63. The first-order valence-electron chi connectivity index (χ1n) is 8.97. The van der Waals surface area contributed by atoms with Crippen molar-refractivity contribution in [1.82, 2.24) is 14.5 Å². The Balaban J connectivity index is 2.01. The Bertz CT molecular complexity index is 981. The molecule has 136 valence electrons. The number of anilines is 1. The number of primary amides is 1. The number of aromatic nitrogens is 3. The molecule has 0 unspecified atom stereocenters. The molecule has 0 radical (unpaired) electrons. The molecule has 5 N–H and O–H groups in total. The molecule has 7 heteroatoms. The van der Waals surface area contributed by atoms with E-state index in [1.54, 1.807) is 16.8 Å². The van der Waals surface area contributed by atoms with E-state index in [9.17, 15) is 9.90 Å². The molecule has 1 amide bonds. The molecular weight excluding hydrogens is 330 g/mol. The Hall–Kier alpha value is -2.83. The lowest BCUT2D eigenvalue weighted by Crippen LogP contribution is -2.17. The monoisotopic (exact) mass is 353 g/mol.